The summed E-state index contributed by atoms with van der Waals surface area (Å²) in [6.07, 6.45) is 2.91. The molecule has 4 atom stereocenters. The van der Waals surface area contributed by atoms with Gasteiger partial charge in [0.1, 0.15) is 0 Å². The first-order valence-corrected chi connectivity index (χ1v) is 7.33. The number of rotatable bonds is 5. The summed E-state index contributed by atoms with van der Waals surface area (Å²) in [6.45, 7) is 2.84. The third-order valence-electron chi connectivity index (χ3n) is 4.65. The van der Waals surface area contributed by atoms with Gasteiger partial charge in [0.2, 0.25) is 5.91 Å². The van der Waals surface area contributed by atoms with Crippen molar-refractivity contribution in [3.63, 3.8) is 0 Å². The first kappa shape index (κ1) is 12.7. The molecule has 0 radical (unpaired) electrons. The molecule has 3 heteroatoms. The van der Waals surface area contributed by atoms with E-state index in [4.69, 9.17) is 5.73 Å². The molecule has 0 saturated heterocycles. The number of benzene rings is 1. The van der Waals surface area contributed by atoms with Crippen LogP contribution in [0.25, 0.3) is 0 Å². The van der Waals surface area contributed by atoms with Gasteiger partial charge in [-0.25, -0.2) is 0 Å². The number of carbonyl (C=O) groups excluding carboxylic acids is 1. The number of amides is 1. The van der Waals surface area contributed by atoms with Gasteiger partial charge in [-0.2, -0.15) is 0 Å². The van der Waals surface area contributed by atoms with Crippen LogP contribution in [0.2, 0.25) is 0 Å². The van der Waals surface area contributed by atoms with E-state index in [1.807, 2.05) is 0 Å². The number of nitrogens with two attached hydrogens (primary N) is 1. The fourth-order valence-electron chi connectivity index (χ4n) is 3.55. The van der Waals surface area contributed by atoms with Gasteiger partial charge >= 0.3 is 0 Å². The Hall–Kier alpha value is -1.35. The van der Waals surface area contributed by atoms with E-state index in [-0.39, 0.29) is 11.9 Å². The van der Waals surface area contributed by atoms with Crippen molar-refractivity contribution < 1.29 is 4.79 Å². The molecule has 0 aromatic heterocycles. The molecule has 0 heterocycles. The van der Waals surface area contributed by atoms with E-state index in [0.29, 0.717) is 11.8 Å². The average Bonchev–Trinajstić information content (AvgIpc) is 2.95. The van der Waals surface area contributed by atoms with E-state index in [9.17, 15) is 4.79 Å². The van der Waals surface area contributed by atoms with Crippen molar-refractivity contribution in [1.82, 2.24) is 5.32 Å². The van der Waals surface area contributed by atoms with Crippen LogP contribution in [0, 0.1) is 11.8 Å². The average molecular weight is 258 g/mol. The van der Waals surface area contributed by atoms with E-state index >= 15 is 0 Å². The van der Waals surface area contributed by atoms with Gasteiger partial charge < -0.3 is 11.1 Å². The highest BCUT2D eigenvalue weighted by molar-refractivity contribution is 5.81. The van der Waals surface area contributed by atoms with Crippen LogP contribution in [-0.4, -0.2) is 18.5 Å². The van der Waals surface area contributed by atoms with Gasteiger partial charge in [0.25, 0.3) is 0 Å². The summed E-state index contributed by atoms with van der Waals surface area (Å²) >= 11 is 0. The van der Waals surface area contributed by atoms with Crippen molar-refractivity contribution in [3.8, 4) is 0 Å². The number of hydrogen-bond acceptors (Lipinski definition) is 2. The summed E-state index contributed by atoms with van der Waals surface area (Å²) in [6, 6.07) is 8.37. The first-order valence-electron chi connectivity index (χ1n) is 7.33. The number of carbonyl (C=O) groups is 1. The molecule has 0 aliphatic heterocycles. The molecule has 19 heavy (non-hydrogen) atoms. The second-order valence-corrected chi connectivity index (χ2v) is 5.90. The number of nitrogens with one attached hydrogen (secondary N) is 1. The molecule has 3 nitrogen and oxygen atoms in total. The van der Waals surface area contributed by atoms with E-state index in [1.54, 1.807) is 0 Å². The highest BCUT2D eigenvalue weighted by Gasteiger charge is 2.55. The van der Waals surface area contributed by atoms with E-state index < -0.39 is 0 Å². The molecule has 1 fully saturated rings. The van der Waals surface area contributed by atoms with Gasteiger partial charge in [-0.05, 0) is 41.7 Å². The van der Waals surface area contributed by atoms with E-state index in [1.165, 1.54) is 17.5 Å². The summed E-state index contributed by atoms with van der Waals surface area (Å²) in [5.74, 6) is 2.08. The zero-order chi connectivity index (χ0) is 13.4. The third-order valence-corrected chi connectivity index (χ3v) is 4.65. The summed E-state index contributed by atoms with van der Waals surface area (Å²) < 4.78 is 0. The van der Waals surface area contributed by atoms with Gasteiger partial charge in [0.05, 0.1) is 6.04 Å². The van der Waals surface area contributed by atoms with Crippen LogP contribution in [0.5, 0.6) is 0 Å². The highest BCUT2D eigenvalue weighted by Crippen LogP contribution is 2.60. The topological polar surface area (TPSA) is 55.1 Å². The summed E-state index contributed by atoms with van der Waals surface area (Å²) in [5.41, 5.74) is 8.82. The highest BCUT2D eigenvalue weighted by atomic mass is 16.2. The van der Waals surface area contributed by atoms with Crippen molar-refractivity contribution in [2.75, 3.05) is 6.54 Å². The molecule has 0 spiro atoms. The summed E-state index contributed by atoms with van der Waals surface area (Å²) in [4.78, 5) is 11.8. The van der Waals surface area contributed by atoms with Gasteiger partial charge in [-0.15, -0.1) is 0 Å². The molecule has 2 aliphatic carbocycles. The zero-order valence-electron chi connectivity index (χ0n) is 11.4. The van der Waals surface area contributed by atoms with Crippen molar-refractivity contribution in [3.05, 3.63) is 35.4 Å². The molecule has 1 saturated carbocycles. The van der Waals surface area contributed by atoms with E-state index in [0.717, 1.165) is 25.3 Å². The Morgan fingerprint density at radius 3 is 3.05 bits per heavy atom. The third kappa shape index (κ3) is 2.27. The Morgan fingerprint density at radius 1 is 1.47 bits per heavy atom. The molecule has 3 N–H and O–H groups in total. The number of hydrogen-bond donors (Lipinski definition) is 2. The Balaban J connectivity index is 1.52. The minimum absolute atomic E-state index is 0.0140. The van der Waals surface area contributed by atoms with Crippen LogP contribution in [0.4, 0.5) is 0 Å². The minimum atomic E-state index is -0.337. The van der Waals surface area contributed by atoms with Crippen molar-refractivity contribution in [2.45, 2.75) is 38.1 Å². The van der Waals surface area contributed by atoms with Crippen molar-refractivity contribution >= 4 is 5.91 Å². The van der Waals surface area contributed by atoms with Crippen LogP contribution in [0.3, 0.4) is 0 Å². The Morgan fingerprint density at radius 2 is 2.26 bits per heavy atom. The largest absolute Gasteiger partial charge is 0.354 e. The maximum Gasteiger partial charge on any atom is 0.236 e. The molecule has 2 aliphatic rings. The van der Waals surface area contributed by atoms with E-state index in [2.05, 4.69) is 36.5 Å². The minimum Gasteiger partial charge on any atom is -0.354 e. The van der Waals surface area contributed by atoms with Crippen LogP contribution < -0.4 is 11.1 Å². The maximum atomic E-state index is 11.8. The molecular weight excluding hydrogens is 236 g/mol. The predicted octanol–water partition coefficient (Wildman–Crippen LogP) is 1.82. The second-order valence-electron chi connectivity index (χ2n) is 5.90. The van der Waals surface area contributed by atoms with Crippen molar-refractivity contribution in [2.24, 2.45) is 17.6 Å². The van der Waals surface area contributed by atoms with Gasteiger partial charge in [0, 0.05) is 6.54 Å². The predicted molar refractivity (Wildman–Crippen MR) is 75.8 cm³/mol. The molecular formula is C16H22N2O. The van der Waals surface area contributed by atoms with Crippen LogP contribution in [0.15, 0.2) is 24.3 Å². The van der Waals surface area contributed by atoms with Crippen LogP contribution >= 0.6 is 0 Å². The molecule has 3 rings (SSSR count). The lowest BCUT2D eigenvalue weighted by Crippen LogP contribution is -2.41. The van der Waals surface area contributed by atoms with Gasteiger partial charge in [-0.3, -0.25) is 4.79 Å². The SMILES string of the molecule is CCCC(N)C(=O)NCC1C2Cc3ccccc3C12. The van der Waals surface area contributed by atoms with Crippen LogP contribution in [0.1, 0.15) is 36.8 Å². The molecule has 4 unspecified atom stereocenters. The fraction of sp³-hybridized carbons (Fsp3) is 0.562. The molecule has 1 aromatic carbocycles. The lowest BCUT2D eigenvalue weighted by atomic mass is 10.0. The molecule has 102 valence electrons. The van der Waals surface area contributed by atoms with Gasteiger partial charge in [-0.1, -0.05) is 37.6 Å². The number of fused-ring (bicyclic) bond motifs is 3. The summed E-state index contributed by atoms with van der Waals surface area (Å²) in [5, 5.41) is 3.02. The lowest BCUT2D eigenvalue weighted by Gasteiger charge is -2.12. The zero-order valence-corrected chi connectivity index (χ0v) is 11.4. The molecule has 1 amide bonds. The standard InChI is InChI=1S/C16H22N2O/c1-2-5-14(17)16(19)18-9-13-12-8-10-6-3-4-7-11(10)15(12)13/h3-4,6-7,12-15H,2,5,8-9,17H2,1H3,(H,18,19). The molecule has 0 bridgehead atoms. The monoisotopic (exact) mass is 258 g/mol. The smallest absolute Gasteiger partial charge is 0.236 e. The van der Waals surface area contributed by atoms with Crippen LogP contribution in [-0.2, 0) is 11.2 Å². The first-order chi connectivity index (χ1) is 9.22. The maximum absolute atomic E-state index is 11.8. The van der Waals surface area contributed by atoms with Gasteiger partial charge in [0.15, 0.2) is 0 Å². The fourth-order valence-corrected chi connectivity index (χ4v) is 3.55. The second kappa shape index (κ2) is 4.97. The normalized spacial score (nSPS) is 28.4. The Kier molecular flexibility index (Phi) is 3.31. The summed E-state index contributed by atoms with van der Waals surface area (Å²) in [7, 11) is 0. The quantitative estimate of drug-likeness (QED) is 0.846. The van der Waals surface area contributed by atoms with Crippen molar-refractivity contribution in [1.29, 1.82) is 0 Å². The Bertz CT molecular complexity index is 485. The lowest BCUT2D eigenvalue weighted by molar-refractivity contribution is -0.122. The Labute approximate surface area is 114 Å². The molecule has 1 aromatic rings.